The minimum atomic E-state index is -0.0953. The number of benzene rings is 1. The average molecular weight is 312 g/mol. The van der Waals surface area contributed by atoms with E-state index < -0.39 is 0 Å². The summed E-state index contributed by atoms with van der Waals surface area (Å²) in [7, 11) is 0. The molecule has 21 heavy (non-hydrogen) atoms. The number of anilines is 1. The van der Waals surface area contributed by atoms with Crippen LogP contribution >= 0.6 is 12.4 Å². The Bertz CT molecular complexity index is 472. The number of halogens is 1. The maximum atomic E-state index is 11.8. The van der Waals surface area contributed by atoms with Crippen LogP contribution in [0.25, 0.3) is 0 Å². The monoisotopic (exact) mass is 311 g/mol. The smallest absolute Gasteiger partial charge is 0.251 e. The summed E-state index contributed by atoms with van der Waals surface area (Å²) in [6.45, 7) is 1.28. The van der Waals surface area contributed by atoms with Crippen molar-refractivity contribution < 1.29 is 9.59 Å². The van der Waals surface area contributed by atoms with Crippen LogP contribution in [-0.2, 0) is 4.79 Å². The van der Waals surface area contributed by atoms with E-state index in [1.165, 1.54) is 0 Å². The van der Waals surface area contributed by atoms with E-state index in [2.05, 4.69) is 10.6 Å². The molecule has 0 unspecified atom stereocenters. The van der Waals surface area contributed by atoms with Gasteiger partial charge in [0.15, 0.2) is 0 Å². The second-order valence-corrected chi connectivity index (χ2v) is 5.09. The molecular weight excluding hydrogens is 290 g/mol. The van der Waals surface area contributed by atoms with E-state index in [1.54, 1.807) is 24.3 Å². The number of carbonyl (C=O) groups is 2. The van der Waals surface area contributed by atoms with Crippen LogP contribution in [0.3, 0.4) is 0 Å². The first-order valence-electron chi connectivity index (χ1n) is 7.10. The van der Waals surface area contributed by atoms with Crippen LogP contribution in [0.1, 0.15) is 36.0 Å². The summed E-state index contributed by atoms with van der Waals surface area (Å²) < 4.78 is 0. The van der Waals surface area contributed by atoms with Gasteiger partial charge in [-0.3, -0.25) is 9.59 Å². The van der Waals surface area contributed by atoms with Crippen molar-refractivity contribution in [2.24, 2.45) is 11.7 Å². The highest BCUT2D eigenvalue weighted by molar-refractivity contribution is 5.96. The van der Waals surface area contributed by atoms with E-state index in [0.717, 1.165) is 31.4 Å². The topological polar surface area (TPSA) is 84.2 Å². The molecule has 2 amide bonds. The molecule has 6 heteroatoms. The fourth-order valence-electron chi connectivity index (χ4n) is 1.87. The molecule has 0 atom stereocenters. The molecule has 0 aliphatic heterocycles. The lowest BCUT2D eigenvalue weighted by Gasteiger charge is -2.07. The zero-order valence-corrected chi connectivity index (χ0v) is 12.7. The van der Waals surface area contributed by atoms with Gasteiger partial charge in [-0.25, -0.2) is 0 Å². The van der Waals surface area contributed by atoms with Crippen molar-refractivity contribution >= 4 is 29.9 Å². The van der Waals surface area contributed by atoms with Gasteiger partial charge in [0, 0.05) is 23.7 Å². The molecule has 116 valence electrons. The van der Waals surface area contributed by atoms with E-state index in [9.17, 15) is 9.59 Å². The summed E-state index contributed by atoms with van der Waals surface area (Å²) in [6, 6.07) is 6.96. The predicted molar refractivity (Wildman–Crippen MR) is 85.7 cm³/mol. The zero-order chi connectivity index (χ0) is 14.4. The van der Waals surface area contributed by atoms with Crippen LogP contribution in [0.15, 0.2) is 24.3 Å². The van der Waals surface area contributed by atoms with Gasteiger partial charge in [-0.2, -0.15) is 0 Å². The molecule has 0 aromatic heterocycles. The molecule has 5 nitrogen and oxygen atoms in total. The number of nitrogens with one attached hydrogen (secondary N) is 2. The SMILES string of the molecule is Cl.NCCCCNC(=O)c1ccc(NC(=O)C2CC2)cc1. The Kier molecular flexibility index (Phi) is 7.19. The number of nitrogens with two attached hydrogens (primary N) is 1. The van der Waals surface area contributed by atoms with Gasteiger partial charge in [-0.05, 0) is 56.5 Å². The fourth-order valence-corrected chi connectivity index (χ4v) is 1.87. The second-order valence-electron chi connectivity index (χ2n) is 5.09. The van der Waals surface area contributed by atoms with Gasteiger partial charge >= 0.3 is 0 Å². The van der Waals surface area contributed by atoms with Crippen LogP contribution in [0, 0.1) is 5.92 Å². The molecule has 2 rings (SSSR count). The predicted octanol–water partition coefficient (Wildman–Crippen LogP) is 1.93. The number of rotatable bonds is 7. The third-order valence-electron chi connectivity index (χ3n) is 3.28. The highest BCUT2D eigenvalue weighted by Crippen LogP contribution is 2.30. The average Bonchev–Trinajstić information content (AvgIpc) is 3.29. The molecule has 1 fully saturated rings. The summed E-state index contributed by atoms with van der Waals surface area (Å²) in [6.07, 6.45) is 3.76. The minimum Gasteiger partial charge on any atom is -0.352 e. The minimum absolute atomic E-state index is 0. The Balaban J connectivity index is 0.00000220. The normalized spacial score (nSPS) is 13.2. The lowest BCUT2D eigenvalue weighted by molar-refractivity contribution is -0.117. The molecule has 1 aliphatic carbocycles. The molecule has 0 spiro atoms. The van der Waals surface area contributed by atoms with E-state index in [0.29, 0.717) is 18.7 Å². The van der Waals surface area contributed by atoms with Gasteiger partial charge in [-0.15, -0.1) is 12.4 Å². The number of amides is 2. The summed E-state index contributed by atoms with van der Waals surface area (Å²) >= 11 is 0. The molecule has 0 radical (unpaired) electrons. The fraction of sp³-hybridized carbons (Fsp3) is 0.467. The van der Waals surface area contributed by atoms with E-state index in [4.69, 9.17) is 5.73 Å². The largest absolute Gasteiger partial charge is 0.352 e. The van der Waals surface area contributed by atoms with Crippen molar-refractivity contribution in [3.05, 3.63) is 29.8 Å². The zero-order valence-electron chi connectivity index (χ0n) is 11.9. The first-order valence-corrected chi connectivity index (χ1v) is 7.10. The second kappa shape index (κ2) is 8.64. The molecule has 0 bridgehead atoms. The van der Waals surface area contributed by atoms with E-state index >= 15 is 0 Å². The first kappa shape index (κ1) is 17.5. The maximum absolute atomic E-state index is 11.8. The molecule has 1 aromatic rings. The number of hydrogen-bond acceptors (Lipinski definition) is 3. The van der Waals surface area contributed by atoms with Crippen molar-refractivity contribution in [3.63, 3.8) is 0 Å². The molecular formula is C15H22ClN3O2. The molecule has 1 aromatic carbocycles. The summed E-state index contributed by atoms with van der Waals surface area (Å²) in [4.78, 5) is 23.4. The lowest BCUT2D eigenvalue weighted by atomic mass is 10.2. The Morgan fingerprint density at radius 1 is 1.14 bits per heavy atom. The van der Waals surface area contributed by atoms with Gasteiger partial charge in [-0.1, -0.05) is 0 Å². The summed E-state index contributed by atoms with van der Waals surface area (Å²) in [5.41, 5.74) is 6.73. The van der Waals surface area contributed by atoms with Crippen LogP contribution in [0.5, 0.6) is 0 Å². The van der Waals surface area contributed by atoms with Crippen LogP contribution in [0.2, 0.25) is 0 Å². The molecule has 4 N–H and O–H groups in total. The summed E-state index contributed by atoms with van der Waals surface area (Å²) in [5, 5.41) is 5.69. The van der Waals surface area contributed by atoms with Crippen molar-refractivity contribution in [2.45, 2.75) is 25.7 Å². The Morgan fingerprint density at radius 3 is 2.38 bits per heavy atom. The number of carbonyl (C=O) groups excluding carboxylic acids is 2. The standard InChI is InChI=1S/C15H21N3O2.ClH/c16-9-1-2-10-17-14(19)11-5-7-13(8-6-11)18-15(20)12-3-4-12;/h5-8,12H,1-4,9-10,16H2,(H,17,19)(H,18,20);1H. The molecule has 0 saturated heterocycles. The lowest BCUT2D eigenvalue weighted by Crippen LogP contribution is -2.24. The van der Waals surface area contributed by atoms with Crippen molar-refractivity contribution in [2.75, 3.05) is 18.4 Å². The van der Waals surface area contributed by atoms with Crippen molar-refractivity contribution in [1.82, 2.24) is 5.32 Å². The number of hydrogen-bond donors (Lipinski definition) is 3. The Morgan fingerprint density at radius 2 is 1.81 bits per heavy atom. The van der Waals surface area contributed by atoms with Gasteiger partial charge in [0.1, 0.15) is 0 Å². The van der Waals surface area contributed by atoms with Crippen LogP contribution in [-0.4, -0.2) is 24.9 Å². The number of unbranched alkanes of at least 4 members (excludes halogenated alkanes) is 1. The first-order chi connectivity index (χ1) is 9.70. The van der Waals surface area contributed by atoms with Gasteiger partial charge in [0.25, 0.3) is 5.91 Å². The maximum Gasteiger partial charge on any atom is 0.251 e. The van der Waals surface area contributed by atoms with Gasteiger partial charge in [0.2, 0.25) is 5.91 Å². The van der Waals surface area contributed by atoms with E-state index in [-0.39, 0.29) is 30.1 Å². The molecule has 1 saturated carbocycles. The Hall–Kier alpha value is -1.59. The van der Waals surface area contributed by atoms with Gasteiger partial charge in [0.05, 0.1) is 0 Å². The van der Waals surface area contributed by atoms with Crippen molar-refractivity contribution in [3.8, 4) is 0 Å². The highest BCUT2D eigenvalue weighted by atomic mass is 35.5. The molecule has 0 heterocycles. The van der Waals surface area contributed by atoms with Gasteiger partial charge < -0.3 is 16.4 Å². The third kappa shape index (κ3) is 5.73. The van der Waals surface area contributed by atoms with E-state index in [1.807, 2.05) is 0 Å². The Labute approximate surface area is 131 Å². The van der Waals surface area contributed by atoms with Crippen LogP contribution < -0.4 is 16.4 Å². The van der Waals surface area contributed by atoms with Crippen LogP contribution in [0.4, 0.5) is 5.69 Å². The highest BCUT2D eigenvalue weighted by Gasteiger charge is 2.29. The third-order valence-corrected chi connectivity index (χ3v) is 3.28. The summed E-state index contributed by atoms with van der Waals surface area (Å²) in [5.74, 6) is 0.159. The molecule has 1 aliphatic rings. The van der Waals surface area contributed by atoms with Crippen molar-refractivity contribution in [1.29, 1.82) is 0 Å². The quantitative estimate of drug-likeness (QED) is 0.673.